The molecule has 3 aliphatic heterocycles. The second kappa shape index (κ2) is 13.6. The van der Waals surface area contributed by atoms with Gasteiger partial charge >= 0.3 is 6.03 Å². The summed E-state index contributed by atoms with van der Waals surface area (Å²) in [6, 6.07) is 19.7. The van der Waals surface area contributed by atoms with E-state index in [-0.39, 0.29) is 49.4 Å². The van der Waals surface area contributed by atoms with Gasteiger partial charge in [0.2, 0.25) is 11.8 Å². The summed E-state index contributed by atoms with van der Waals surface area (Å²) < 4.78 is 12.5. The number of piperidine rings is 1. The Kier molecular flexibility index (Phi) is 9.20. The molecule has 2 fully saturated rings. The molecule has 0 unspecified atom stereocenters. The zero-order valence-corrected chi connectivity index (χ0v) is 26.2. The number of likely N-dealkylation sites (tertiary alicyclic amines) is 1. The number of nitrogens with zero attached hydrogens (tertiary/aromatic N) is 3. The van der Waals surface area contributed by atoms with E-state index in [0.29, 0.717) is 62.0 Å². The summed E-state index contributed by atoms with van der Waals surface area (Å²) in [7, 11) is 0. The molecular formula is C35H39N5O6. The third-order valence-electron chi connectivity index (χ3n) is 8.71. The van der Waals surface area contributed by atoms with Crippen molar-refractivity contribution in [3.63, 3.8) is 0 Å². The van der Waals surface area contributed by atoms with Crippen molar-refractivity contribution in [2.24, 2.45) is 0 Å². The van der Waals surface area contributed by atoms with Gasteiger partial charge in [0.15, 0.2) is 0 Å². The van der Waals surface area contributed by atoms with Crippen molar-refractivity contribution in [3.05, 3.63) is 89.0 Å². The van der Waals surface area contributed by atoms with Gasteiger partial charge in [-0.1, -0.05) is 30.3 Å². The lowest BCUT2D eigenvalue weighted by Gasteiger charge is -2.39. The highest BCUT2D eigenvalue weighted by Gasteiger charge is 2.35. The van der Waals surface area contributed by atoms with Gasteiger partial charge in [-0.3, -0.25) is 19.3 Å². The van der Waals surface area contributed by atoms with Crippen molar-refractivity contribution in [2.75, 3.05) is 44.2 Å². The number of urea groups is 1. The highest BCUT2D eigenvalue weighted by molar-refractivity contribution is 5.99. The fourth-order valence-electron chi connectivity index (χ4n) is 6.22. The van der Waals surface area contributed by atoms with Crippen LogP contribution in [0.3, 0.4) is 0 Å². The SMILES string of the molecule is CCN1CC(=O)N[C@H]2CN(C(=O)c3ccc(C)c(N4CCNC4=O)c3)CC[C@@H]2OCc2cccc(c2)Oc2cccc(c2)CC1=O. The van der Waals surface area contributed by atoms with Gasteiger partial charge in [0.1, 0.15) is 11.5 Å². The summed E-state index contributed by atoms with van der Waals surface area (Å²) >= 11 is 0. The molecule has 4 bridgehead atoms. The zero-order chi connectivity index (χ0) is 32.2. The summed E-state index contributed by atoms with van der Waals surface area (Å²) in [5, 5.41) is 5.89. The van der Waals surface area contributed by atoms with Crippen molar-refractivity contribution >= 4 is 29.4 Å². The van der Waals surface area contributed by atoms with Crippen molar-refractivity contribution in [1.82, 2.24) is 20.4 Å². The number of rotatable bonds is 3. The van der Waals surface area contributed by atoms with Gasteiger partial charge in [0.25, 0.3) is 5.91 Å². The Bertz CT molecular complexity index is 1640. The molecule has 0 radical (unpaired) electrons. The standard InChI is InChI=1S/C35H39N5O6/c1-3-38-21-32(41)37-29-20-39(34(43)26-11-10-23(2)30(19-26)40-15-13-36-35(40)44)14-12-31(29)45-22-25-7-5-9-28(17-25)46-27-8-4-6-24(16-27)18-33(38)42/h4-11,16-17,19,29,31H,3,12-15,18,20-22H2,1-2H3,(H,36,44)(H,37,41)/t29-,31-/m0/s1. The number of aryl methyl sites for hydroxylation is 1. The van der Waals surface area contributed by atoms with Gasteiger partial charge in [-0.15, -0.1) is 0 Å². The number of ether oxygens (including phenoxy) is 2. The van der Waals surface area contributed by atoms with E-state index in [4.69, 9.17) is 9.47 Å². The molecule has 3 heterocycles. The molecule has 11 nitrogen and oxygen atoms in total. The van der Waals surface area contributed by atoms with Crippen molar-refractivity contribution in [3.8, 4) is 11.5 Å². The zero-order valence-electron chi connectivity index (χ0n) is 26.2. The monoisotopic (exact) mass is 625 g/mol. The largest absolute Gasteiger partial charge is 0.457 e. The number of fused-ring (bicyclic) bond motifs is 5. The van der Waals surface area contributed by atoms with Gasteiger partial charge < -0.3 is 29.9 Å². The van der Waals surface area contributed by atoms with Gasteiger partial charge in [-0.25, -0.2) is 4.79 Å². The van der Waals surface area contributed by atoms with E-state index < -0.39 is 6.04 Å². The molecule has 46 heavy (non-hydrogen) atoms. The summed E-state index contributed by atoms with van der Waals surface area (Å²) in [4.78, 5) is 57.7. The van der Waals surface area contributed by atoms with Gasteiger partial charge in [-0.2, -0.15) is 0 Å². The highest BCUT2D eigenvalue weighted by atomic mass is 16.5. The minimum Gasteiger partial charge on any atom is -0.457 e. The number of amides is 5. The molecule has 3 aromatic rings. The highest BCUT2D eigenvalue weighted by Crippen LogP contribution is 2.27. The topological polar surface area (TPSA) is 121 Å². The Morgan fingerprint density at radius 3 is 2.46 bits per heavy atom. The number of anilines is 1. The van der Waals surface area contributed by atoms with E-state index in [0.717, 1.165) is 16.7 Å². The van der Waals surface area contributed by atoms with Crippen LogP contribution in [0.1, 0.15) is 40.4 Å². The van der Waals surface area contributed by atoms with E-state index in [1.165, 1.54) is 4.90 Å². The number of nitrogens with one attached hydrogen (secondary N) is 2. The summed E-state index contributed by atoms with van der Waals surface area (Å²) in [5.41, 5.74) is 3.77. The third-order valence-corrected chi connectivity index (χ3v) is 8.71. The first kappa shape index (κ1) is 31.1. The molecule has 0 aromatic heterocycles. The second-order valence-corrected chi connectivity index (χ2v) is 11.9. The Morgan fingerprint density at radius 2 is 1.72 bits per heavy atom. The van der Waals surface area contributed by atoms with Crippen LogP contribution in [-0.2, 0) is 27.4 Å². The van der Waals surface area contributed by atoms with Crippen LogP contribution in [0.15, 0.2) is 66.7 Å². The average Bonchev–Trinajstić information content (AvgIpc) is 3.48. The van der Waals surface area contributed by atoms with Crippen LogP contribution in [0, 0.1) is 6.92 Å². The predicted octanol–water partition coefficient (Wildman–Crippen LogP) is 3.64. The first-order chi connectivity index (χ1) is 22.3. The molecule has 11 heteroatoms. The van der Waals surface area contributed by atoms with Crippen molar-refractivity contribution in [2.45, 2.75) is 45.4 Å². The van der Waals surface area contributed by atoms with Crippen LogP contribution >= 0.6 is 0 Å². The predicted molar refractivity (Wildman–Crippen MR) is 172 cm³/mol. The summed E-state index contributed by atoms with van der Waals surface area (Å²) in [6.07, 6.45) is 0.270. The lowest BCUT2D eigenvalue weighted by atomic mass is 10.00. The van der Waals surface area contributed by atoms with E-state index in [1.54, 1.807) is 21.9 Å². The number of carbonyl (C=O) groups excluding carboxylic acids is 4. The Morgan fingerprint density at radius 1 is 0.957 bits per heavy atom. The maximum absolute atomic E-state index is 13.8. The number of hydrogen-bond acceptors (Lipinski definition) is 6. The molecule has 5 amide bonds. The van der Waals surface area contributed by atoms with Crippen LogP contribution in [0.5, 0.6) is 11.5 Å². The van der Waals surface area contributed by atoms with E-state index >= 15 is 0 Å². The van der Waals surface area contributed by atoms with Crippen LogP contribution in [0.4, 0.5) is 10.5 Å². The van der Waals surface area contributed by atoms with Crippen LogP contribution in [0.2, 0.25) is 0 Å². The number of carbonyl (C=O) groups is 4. The molecule has 6 rings (SSSR count). The van der Waals surface area contributed by atoms with Crippen molar-refractivity contribution < 1.29 is 28.7 Å². The van der Waals surface area contributed by atoms with E-state index in [2.05, 4.69) is 10.6 Å². The smallest absolute Gasteiger partial charge is 0.322 e. The maximum atomic E-state index is 13.8. The molecular weight excluding hydrogens is 586 g/mol. The minimum absolute atomic E-state index is 0.108. The molecule has 3 aromatic carbocycles. The Labute approximate surface area is 268 Å². The van der Waals surface area contributed by atoms with Crippen molar-refractivity contribution in [1.29, 1.82) is 0 Å². The van der Waals surface area contributed by atoms with E-state index in [1.807, 2.05) is 68.4 Å². The van der Waals surface area contributed by atoms with E-state index in [9.17, 15) is 19.2 Å². The molecule has 3 aliphatic rings. The molecule has 2 N–H and O–H groups in total. The van der Waals surface area contributed by atoms with Gasteiger partial charge in [-0.05, 0) is 73.4 Å². The Balaban J connectivity index is 1.24. The Hall–Kier alpha value is -4.90. The third kappa shape index (κ3) is 6.99. The molecule has 0 aliphatic carbocycles. The lowest BCUT2D eigenvalue weighted by molar-refractivity contribution is -0.136. The molecule has 2 saturated heterocycles. The molecule has 2 atom stereocenters. The second-order valence-electron chi connectivity index (χ2n) is 11.9. The average molecular weight is 626 g/mol. The number of likely N-dealkylation sites (N-methyl/N-ethyl adjacent to an activating group) is 1. The molecule has 240 valence electrons. The van der Waals surface area contributed by atoms with Gasteiger partial charge in [0, 0.05) is 44.0 Å². The normalized spacial score (nSPS) is 20.7. The summed E-state index contributed by atoms with van der Waals surface area (Å²) in [5.74, 6) is 0.600. The molecule has 0 spiro atoms. The quantitative estimate of drug-likeness (QED) is 0.459. The molecule has 0 saturated carbocycles. The number of benzene rings is 3. The summed E-state index contributed by atoms with van der Waals surface area (Å²) in [6.45, 7) is 6.06. The van der Waals surface area contributed by atoms with Crippen LogP contribution < -0.4 is 20.3 Å². The fraction of sp³-hybridized carbons (Fsp3) is 0.371. The first-order valence-electron chi connectivity index (χ1n) is 15.8. The van der Waals surface area contributed by atoms with Crippen LogP contribution in [0.25, 0.3) is 0 Å². The first-order valence-corrected chi connectivity index (χ1v) is 15.8. The minimum atomic E-state index is -0.501. The van der Waals surface area contributed by atoms with Gasteiger partial charge in [0.05, 0.1) is 31.7 Å². The fourth-order valence-corrected chi connectivity index (χ4v) is 6.22. The maximum Gasteiger partial charge on any atom is 0.322 e. The number of hydrogen-bond donors (Lipinski definition) is 2. The lowest BCUT2D eigenvalue weighted by Crippen LogP contribution is -2.58. The van der Waals surface area contributed by atoms with Crippen LogP contribution in [-0.4, -0.2) is 85.0 Å².